The Labute approximate surface area is 249 Å². The average molecular weight is 588 g/mol. The van der Waals surface area contributed by atoms with Crippen LogP contribution in [0.4, 0.5) is 10.2 Å². The van der Waals surface area contributed by atoms with E-state index in [1.54, 1.807) is 24.3 Å². The summed E-state index contributed by atoms with van der Waals surface area (Å²) in [6, 6.07) is 25.7. The highest BCUT2D eigenvalue weighted by atomic mass is 35.5. The van der Waals surface area contributed by atoms with Gasteiger partial charge in [-0.2, -0.15) is 0 Å². The van der Waals surface area contributed by atoms with Gasteiger partial charge in [-0.05, 0) is 41.0 Å². The summed E-state index contributed by atoms with van der Waals surface area (Å²) in [5, 5.41) is 3.92. The number of anilines is 1. The van der Waals surface area contributed by atoms with Crippen molar-refractivity contribution in [1.82, 2.24) is 20.2 Å². The molecule has 6 nitrogen and oxygen atoms in total. The fraction of sp³-hybridized carbons (Fsp3) is 0.219. The molecule has 0 spiro atoms. The molecule has 3 aromatic carbocycles. The molecule has 0 atom stereocenters. The van der Waals surface area contributed by atoms with Crippen LogP contribution in [0.3, 0.4) is 0 Å². The van der Waals surface area contributed by atoms with E-state index < -0.39 is 0 Å². The molecule has 1 aliphatic heterocycles. The number of aromatic nitrogens is 2. The van der Waals surface area contributed by atoms with Crippen LogP contribution < -0.4 is 10.2 Å². The van der Waals surface area contributed by atoms with Crippen molar-refractivity contribution in [2.75, 3.05) is 37.6 Å². The van der Waals surface area contributed by atoms with E-state index in [0.717, 1.165) is 49.7 Å². The number of rotatable bonds is 10. The zero-order valence-electron chi connectivity index (χ0n) is 22.5. The van der Waals surface area contributed by atoms with E-state index >= 15 is 0 Å². The van der Waals surface area contributed by atoms with Gasteiger partial charge >= 0.3 is 0 Å². The van der Waals surface area contributed by atoms with E-state index in [9.17, 15) is 9.18 Å². The number of hydrogen-bond acceptors (Lipinski definition) is 6. The summed E-state index contributed by atoms with van der Waals surface area (Å²) in [6.07, 6.45) is 4.38. The molecule has 1 saturated heterocycles. The monoisotopic (exact) mass is 587 g/mol. The third kappa shape index (κ3) is 8.63. The van der Waals surface area contributed by atoms with E-state index in [0.29, 0.717) is 28.2 Å². The smallest absolute Gasteiger partial charge is 0.251 e. The minimum atomic E-state index is -0.297. The largest absolute Gasteiger partial charge is 0.354 e. The average Bonchev–Trinajstić information content (AvgIpc) is 3.00. The maximum absolute atomic E-state index is 13.1. The summed E-state index contributed by atoms with van der Waals surface area (Å²) in [4.78, 5) is 26.4. The van der Waals surface area contributed by atoms with Gasteiger partial charge in [0, 0.05) is 56.7 Å². The van der Waals surface area contributed by atoms with Gasteiger partial charge in [0.1, 0.15) is 16.8 Å². The van der Waals surface area contributed by atoms with Crippen molar-refractivity contribution in [3.63, 3.8) is 0 Å². The van der Waals surface area contributed by atoms with Crippen LogP contribution in [0, 0.1) is 5.82 Å². The zero-order valence-corrected chi connectivity index (χ0v) is 24.1. The Kier molecular flexibility index (Phi) is 10.0. The van der Waals surface area contributed by atoms with Crippen LogP contribution in [-0.4, -0.2) is 53.5 Å². The Hall–Kier alpha value is -3.72. The Balaban J connectivity index is 1.09. The van der Waals surface area contributed by atoms with Gasteiger partial charge in [-0.1, -0.05) is 90.1 Å². The van der Waals surface area contributed by atoms with Gasteiger partial charge < -0.3 is 10.2 Å². The first kappa shape index (κ1) is 28.8. The quantitative estimate of drug-likeness (QED) is 0.133. The Morgan fingerprint density at radius 1 is 0.927 bits per heavy atom. The highest BCUT2D eigenvalue weighted by Crippen LogP contribution is 2.25. The van der Waals surface area contributed by atoms with Crippen molar-refractivity contribution in [2.45, 2.75) is 17.5 Å². The van der Waals surface area contributed by atoms with Gasteiger partial charge in [-0.15, -0.1) is 0 Å². The lowest BCUT2D eigenvalue weighted by molar-refractivity contribution is 0.0951. The molecule has 1 aromatic heterocycles. The minimum Gasteiger partial charge on any atom is -0.354 e. The summed E-state index contributed by atoms with van der Waals surface area (Å²) in [6.45, 7) is 4.91. The molecule has 0 radical (unpaired) electrons. The van der Waals surface area contributed by atoms with Crippen LogP contribution in [-0.2, 0) is 12.3 Å². The lowest BCUT2D eigenvalue weighted by Crippen LogP contribution is -2.46. The highest BCUT2D eigenvalue weighted by molar-refractivity contribution is 7.98. The molecule has 41 heavy (non-hydrogen) atoms. The molecular weight excluding hydrogens is 557 g/mol. The second kappa shape index (κ2) is 14.3. The fourth-order valence-corrected chi connectivity index (χ4v) is 5.50. The number of halogens is 2. The van der Waals surface area contributed by atoms with Gasteiger partial charge in [0.25, 0.3) is 5.91 Å². The van der Waals surface area contributed by atoms with Crippen molar-refractivity contribution >= 4 is 41.2 Å². The normalized spacial score (nSPS) is 14.0. The first-order valence-electron chi connectivity index (χ1n) is 13.5. The van der Waals surface area contributed by atoms with E-state index in [1.165, 1.54) is 29.5 Å². The number of carbonyl (C=O) groups is 1. The van der Waals surface area contributed by atoms with Crippen molar-refractivity contribution < 1.29 is 9.18 Å². The molecular formula is C32H31ClFN5OS. The summed E-state index contributed by atoms with van der Waals surface area (Å²) < 4.78 is 13.1. The number of piperazine rings is 1. The molecule has 1 N–H and O–H groups in total. The molecule has 2 heterocycles. The lowest BCUT2D eigenvalue weighted by atomic mass is 10.1. The molecule has 9 heteroatoms. The summed E-state index contributed by atoms with van der Waals surface area (Å²) in [5.41, 5.74) is 3.67. The van der Waals surface area contributed by atoms with E-state index in [1.807, 2.05) is 24.3 Å². The standard InChI is InChI=1S/C32H31ClFN5OS/c33-29-21-30(39-19-17-38(18-20-39)16-4-7-24-5-2-1-3-6-24)37-32(36-29)41-23-26-8-12-27(13-9-26)31(40)35-22-25-10-14-28(34)15-11-25/h1-15,21H,16-20,22-23H2,(H,35,40)/b7-4+. The number of nitrogens with zero attached hydrogens (tertiary/aromatic N) is 4. The van der Waals surface area contributed by atoms with Crippen LogP contribution in [0.15, 0.2) is 96.2 Å². The number of nitrogens with one attached hydrogen (secondary N) is 1. The van der Waals surface area contributed by atoms with Crippen molar-refractivity contribution in [3.8, 4) is 0 Å². The molecule has 1 amide bonds. The molecule has 0 unspecified atom stereocenters. The molecule has 0 aliphatic carbocycles. The molecule has 0 saturated carbocycles. The zero-order chi connectivity index (χ0) is 28.4. The van der Waals surface area contributed by atoms with Crippen LogP contribution >= 0.6 is 23.4 Å². The summed E-state index contributed by atoms with van der Waals surface area (Å²) in [7, 11) is 0. The number of amides is 1. The summed E-state index contributed by atoms with van der Waals surface area (Å²) >= 11 is 7.88. The third-order valence-electron chi connectivity index (χ3n) is 6.78. The number of hydrogen-bond donors (Lipinski definition) is 1. The Bertz CT molecular complexity index is 1460. The number of thioether (sulfide) groups is 1. The second-order valence-corrected chi connectivity index (χ2v) is 11.1. The highest BCUT2D eigenvalue weighted by Gasteiger charge is 2.19. The van der Waals surface area contributed by atoms with E-state index in [4.69, 9.17) is 16.6 Å². The van der Waals surface area contributed by atoms with Gasteiger partial charge in [-0.3, -0.25) is 9.69 Å². The maximum atomic E-state index is 13.1. The van der Waals surface area contributed by atoms with E-state index in [2.05, 4.69) is 56.5 Å². The van der Waals surface area contributed by atoms with Crippen molar-refractivity contribution in [2.24, 2.45) is 0 Å². The predicted molar refractivity (Wildman–Crippen MR) is 165 cm³/mol. The van der Waals surface area contributed by atoms with Gasteiger partial charge in [0.05, 0.1) is 0 Å². The third-order valence-corrected chi connectivity index (χ3v) is 7.89. The van der Waals surface area contributed by atoms with E-state index in [-0.39, 0.29) is 11.7 Å². The van der Waals surface area contributed by atoms with Gasteiger partial charge in [0.15, 0.2) is 5.16 Å². The molecule has 0 bridgehead atoms. The number of benzene rings is 3. The van der Waals surface area contributed by atoms with Crippen LogP contribution in [0.25, 0.3) is 6.08 Å². The first-order valence-corrected chi connectivity index (χ1v) is 14.9. The SMILES string of the molecule is O=C(NCc1ccc(F)cc1)c1ccc(CSc2nc(Cl)cc(N3CCN(C/C=C/c4ccccc4)CC3)n2)cc1. The minimum absolute atomic E-state index is 0.177. The Morgan fingerprint density at radius 2 is 1.63 bits per heavy atom. The van der Waals surface area contributed by atoms with Crippen LogP contribution in [0.2, 0.25) is 5.15 Å². The Morgan fingerprint density at radius 3 is 2.37 bits per heavy atom. The van der Waals surface area contributed by atoms with Gasteiger partial charge in [-0.25, -0.2) is 14.4 Å². The first-order chi connectivity index (χ1) is 20.0. The van der Waals surface area contributed by atoms with Crippen LogP contribution in [0.1, 0.15) is 27.0 Å². The fourth-order valence-electron chi connectivity index (χ4n) is 4.46. The van der Waals surface area contributed by atoms with Crippen LogP contribution in [0.5, 0.6) is 0 Å². The molecule has 4 aromatic rings. The molecule has 1 aliphatic rings. The summed E-state index contributed by atoms with van der Waals surface area (Å²) in [5.74, 6) is 1.02. The molecule has 1 fully saturated rings. The molecule has 5 rings (SSSR count). The maximum Gasteiger partial charge on any atom is 0.251 e. The van der Waals surface area contributed by atoms with Gasteiger partial charge in [0.2, 0.25) is 0 Å². The molecule has 210 valence electrons. The van der Waals surface area contributed by atoms with Crippen molar-refractivity contribution in [3.05, 3.63) is 124 Å². The number of carbonyl (C=O) groups excluding carboxylic acids is 1. The second-order valence-electron chi connectivity index (χ2n) is 9.73. The topological polar surface area (TPSA) is 61.4 Å². The predicted octanol–water partition coefficient (Wildman–Crippen LogP) is 6.33. The lowest BCUT2D eigenvalue weighted by Gasteiger charge is -2.35. The van der Waals surface area contributed by atoms with Crippen molar-refractivity contribution in [1.29, 1.82) is 0 Å².